The lowest BCUT2D eigenvalue weighted by Crippen LogP contribution is -2.30. The molecule has 17 heteroatoms. The van der Waals surface area contributed by atoms with Crippen LogP contribution in [0.25, 0.3) is 0 Å². The molecule has 392 valence electrons. The number of nitrogens with zero attached hydrogens (tertiary/aromatic N) is 1. The van der Waals surface area contributed by atoms with Gasteiger partial charge in [0.05, 0.1) is 36.9 Å². The van der Waals surface area contributed by atoms with Crippen molar-refractivity contribution in [3.8, 4) is 34.5 Å². The lowest BCUT2D eigenvalue weighted by Gasteiger charge is -2.26. The second-order valence-electron chi connectivity index (χ2n) is 18.0. The molecular formula is C57H63NO15S. The van der Waals surface area contributed by atoms with Crippen molar-refractivity contribution in [1.82, 2.24) is 0 Å². The van der Waals surface area contributed by atoms with E-state index in [2.05, 4.69) is 30.9 Å². The zero-order chi connectivity index (χ0) is 53.1. The summed E-state index contributed by atoms with van der Waals surface area (Å²) in [6, 6.07) is 19.9. The molecule has 2 fully saturated rings. The van der Waals surface area contributed by atoms with Crippen molar-refractivity contribution in [2.24, 2.45) is 28.7 Å². The van der Waals surface area contributed by atoms with E-state index < -0.39 is 41.8 Å². The summed E-state index contributed by atoms with van der Waals surface area (Å²) in [6.07, 6.45) is 4.93. The van der Waals surface area contributed by atoms with Crippen LogP contribution in [0.3, 0.4) is 0 Å². The number of benzene rings is 4. The summed E-state index contributed by atoms with van der Waals surface area (Å²) >= 11 is 1.50. The fraction of sp³-hybridized carbons (Fsp3) is 0.386. The number of thioether (sulfide) groups is 1. The van der Waals surface area contributed by atoms with E-state index in [0.717, 1.165) is 40.2 Å². The Labute approximate surface area is 435 Å². The summed E-state index contributed by atoms with van der Waals surface area (Å²) in [7, 11) is 0. The summed E-state index contributed by atoms with van der Waals surface area (Å²) in [5, 5.41) is 9.53. The fourth-order valence-electron chi connectivity index (χ4n) is 8.73. The van der Waals surface area contributed by atoms with E-state index in [0.29, 0.717) is 92.2 Å². The molecule has 2 saturated carbocycles. The van der Waals surface area contributed by atoms with Crippen molar-refractivity contribution < 1.29 is 71.8 Å². The molecule has 0 spiro atoms. The molecule has 1 unspecified atom stereocenters. The smallest absolute Gasteiger partial charge is 0.330 e. The summed E-state index contributed by atoms with van der Waals surface area (Å²) in [5.41, 5.74) is 4.33. The molecule has 4 aromatic rings. The second kappa shape index (κ2) is 27.6. The first-order valence-electron chi connectivity index (χ1n) is 24.6. The molecule has 0 heterocycles. The lowest BCUT2D eigenvalue weighted by atomic mass is 9.82. The third-order valence-electron chi connectivity index (χ3n) is 12.7. The van der Waals surface area contributed by atoms with Crippen LogP contribution in [0.4, 0.5) is 5.69 Å². The van der Waals surface area contributed by atoms with E-state index in [4.69, 9.17) is 37.9 Å². The van der Waals surface area contributed by atoms with Gasteiger partial charge in [0.15, 0.2) is 11.9 Å². The van der Waals surface area contributed by atoms with E-state index in [1.807, 2.05) is 32.9 Å². The van der Waals surface area contributed by atoms with Crippen LogP contribution in [-0.4, -0.2) is 80.2 Å². The minimum atomic E-state index is -0.915. The predicted octanol–water partition coefficient (Wildman–Crippen LogP) is 10.1. The van der Waals surface area contributed by atoms with Crippen LogP contribution in [0.5, 0.6) is 34.5 Å². The molecule has 16 nitrogen and oxygen atoms in total. The van der Waals surface area contributed by atoms with Gasteiger partial charge in [-0.1, -0.05) is 25.3 Å². The Hall–Kier alpha value is -7.40. The number of aromatic hydroxyl groups is 1. The van der Waals surface area contributed by atoms with Crippen LogP contribution in [0.2, 0.25) is 0 Å². The maximum Gasteiger partial charge on any atom is 0.330 e. The number of phenols is 1. The number of aliphatic imine (C=N–C) groups is 1. The van der Waals surface area contributed by atoms with Gasteiger partial charge in [0.25, 0.3) is 0 Å². The number of carbonyl (C=O) groups is 6. The summed E-state index contributed by atoms with van der Waals surface area (Å²) in [4.78, 5) is 81.6. The molecule has 0 aliphatic heterocycles. The van der Waals surface area contributed by atoms with Crippen LogP contribution in [0.15, 0.2) is 108 Å². The number of esters is 6. The highest BCUT2D eigenvalue weighted by molar-refractivity contribution is 7.98. The van der Waals surface area contributed by atoms with E-state index in [-0.39, 0.29) is 60.8 Å². The zero-order valence-electron chi connectivity index (χ0n) is 42.0. The Morgan fingerprint density at radius 2 is 1.20 bits per heavy atom. The molecule has 1 N–H and O–H groups in total. The van der Waals surface area contributed by atoms with Crippen LogP contribution in [-0.2, 0) is 55.2 Å². The van der Waals surface area contributed by atoms with Gasteiger partial charge in [0.2, 0.25) is 0 Å². The molecule has 0 aromatic heterocycles. The third-order valence-corrected chi connectivity index (χ3v) is 13.9. The predicted molar refractivity (Wildman–Crippen MR) is 276 cm³/mol. The minimum Gasteiger partial charge on any atom is -0.508 e. The molecule has 0 saturated heterocycles. The Balaban J connectivity index is 1.05. The summed E-state index contributed by atoms with van der Waals surface area (Å²) < 4.78 is 45.0. The number of hydrogen-bond donors (Lipinski definition) is 1. The van der Waals surface area contributed by atoms with Gasteiger partial charge in [-0.15, -0.1) is 11.8 Å². The van der Waals surface area contributed by atoms with Crippen molar-refractivity contribution in [3.63, 3.8) is 0 Å². The molecule has 0 bridgehead atoms. The minimum absolute atomic E-state index is 0.0727. The van der Waals surface area contributed by atoms with Gasteiger partial charge in [0.1, 0.15) is 47.6 Å². The zero-order valence-corrected chi connectivity index (χ0v) is 42.8. The average Bonchev–Trinajstić information content (AvgIpc) is 3.40. The van der Waals surface area contributed by atoms with Crippen molar-refractivity contribution >= 4 is 60.0 Å². The van der Waals surface area contributed by atoms with Gasteiger partial charge >= 0.3 is 35.8 Å². The van der Waals surface area contributed by atoms with E-state index in [1.54, 1.807) is 30.3 Å². The Morgan fingerprint density at radius 3 is 1.76 bits per heavy atom. The SMILES string of the molecule is C=CC(=O)OCC(COc1ccc(OC(=O)C2CCC(C(=O)Oc3ccc(CCOC(=O)C4CCC(C(=O)Oc5ccc(O)cc5)CC4)c(SCc4c(C)cc(C)cc4OCC)c3N=C)CC2)cc1)OC(=O)C=C. The van der Waals surface area contributed by atoms with Crippen LogP contribution >= 0.6 is 11.8 Å². The maximum atomic E-state index is 13.8. The number of carbonyl (C=O) groups excluding carboxylic acids is 6. The van der Waals surface area contributed by atoms with Crippen LogP contribution in [0.1, 0.15) is 80.5 Å². The fourth-order valence-corrected chi connectivity index (χ4v) is 10.0. The first kappa shape index (κ1) is 55.9. The Bertz CT molecular complexity index is 2650. The summed E-state index contributed by atoms with van der Waals surface area (Å²) in [6.45, 7) is 16.7. The molecule has 1 atom stereocenters. The first-order chi connectivity index (χ1) is 35.7. The molecule has 6 rings (SSSR count). The molecule has 2 aliphatic carbocycles. The topological polar surface area (TPSA) is 209 Å². The number of ether oxygens (including phenoxy) is 8. The van der Waals surface area contributed by atoms with E-state index in [1.165, 1.54) is 36.0 Å². The van der Waals surface area contributed by atoms with Gasteiger partial charge < -0.3 is 43.0 Å². The summed E-state index contributed by atoms with van der Waals surface area (Å²) in [5.74, 6) is -2.01. The quantitative estimate of drug-likeness (QED) is 0.0173. The van der Waals surface area contributed by atoms with Crippen molar-refractivity contribution in [2.45, 2.75) is 95.3 Å². The molecule has 0 radical (unpaired) electrons. The maximum absolute atomic E-state index is 13.8. The highest BCUT2D eigenvalue weighted by atomic mass is 32.2. The molecule has 4 aromatic carbocycles. The molecule has 2 aliphatic rings. The molecule has 74 heavy (non-hydrogen) atoms. The number of phenolic OH excluding ortho intramolecular Hbond substituents is 1. The van der Waals surface area contributed by atoms with E-state index in [9.17, 15) is 33.9 Å². The normalized spacial score (nSPS) is 17.6. The molecule has 0 amide bonds. The average molecular weight is 1030 g/mol. The Morgan fingerprint density at radius 1 is 0.662 bits per heavy atom. The van der Waals surface area contributed by atoms with Crippen LogP contribution < -0.4 is 23.7 Å². The lowest BCUT2D eigenvalue weighted by molar-refractivity contribution is -0.154. The van der Waals surface area contributed by atoms with Crippen molar-refractivity contribution in [2.75, 3.05) is 26.4 Å². The van der Waals surface area contributed by atoms with Gasteiger partial charge in [-0.05, 0) is 156 Å². The van der Waals surface area contributed by atoms with Gasteiger partial charge in [-0.2, -0.15) is 0 Å². The van der Waals surface area contributed by atoms with Gasteiger partial charge in [-0.25, -0.2) is 9.59 Å². The Kier molecular flexibility index (Phi) is 20.8. The molecular weight excluding hydrogens is 971 g/mol. The van der Waals surface area contributed by atoms with Gasteiger partial charge in [-0.3, -0.25) is 24.2 Å². The number of aryl methyl sites for hydroxylation is 2. The number of rotatable bonds is 24. The second-order valence-corrected chi connectivity index (χ2v) is 19.0. The van der Waals surface area contributed by atoms with E-state index >= 15 is 0 Å². The standard InChI is InChI=1S/C57H63NO15S/c1-7-50(60)69-33-46(70-51(61)8-2)32-68-43-23-25-45(26-24-43)72-56(64)40-14-16-41(17-15-40)57(65)73-48-27-18-37(53(52(48)58-6)74-34-47-36(5)30-35(4)31-49(47)66-9-3)28-29-67-54(62)38-10-12-39(13-11-38)55(63)71-44-21-19-42(59)20-22-44/h7-8,18-27,30-31,38-41,46,59H,1-2,6,9-17,28-29,32-34H2,3-5H3. The largest absolute Gasteiger partial charge is 0.508 e. The monoisotopic (exact) mass is 1030 g/mol. The van der Waals surface area contributed by atoms with Crippen LogP contribution in [0, 0.1) is 37.5 Å². The van der Waals surface area contributed by atoms with Crippen molar-refractivity contribution in [3.05, 3.63) is 120 Å². The van der Waals surface area contributed by atoms with Gasteiger partial charge in [0, 0.05) is 34.8 Å². The number of hydrogen-bond acceptors (Lipinski definition) is 17. The third kappa shape index (κ3) is 16.0. The first-order valence-corrected chi connectivity index (χ1v) is 25.6. The highest BCUT2D eigenvalue weighted by Crippen LogP contribution is 2.44. The highest BCUT2D eigenvalue weighted by Gasteiger charge is 2.34. The van der Waals surface area contributed by atoms with Crippen molar-refractivity contribution in [1.29, 1.82) is 0 Å².